The lowest BCUT2D eigenvalue weighted by molar-refractivity contribution is 0.0500. The summed E-state index contributed by atoms with van der Waals surface area (Å²) in [7, 11) is 0. The van der Waals surface area contributed by atoms with Crippen LogP contribution in [0.2, 0.25) is 0 Å². The van der Waals surface area contributed by atoms with Crippen LogP contribution in [0, 0.1) is 6.92 Å². The van der Waals surface area contributed by atoms with Gasteiger partial charge in [0.1, 0.15) is 17.1 Å². The maximum atomic E-state index is 11.8. The minimum Gasteiger partial charge on any atom is -0.507 e. The molecule has 0 aliphatic rings. The van der Waals surface area contributed by atoms with E-state index in [2.05, 4.69) is 4.99 Å². The van der Waals surface area contributed by atoms with Gasteiger partial charge in [-0.25, -0.2) is 9.59 Å². The predicted octanol–water partition coefficient (Wildman–Crippen LogP) is 3.36. The van der Waals surface area contributed by atoms with E-state index in [9.17, 15) is 14.7 Å². The van der Waals surface area contributed by atoms with Crippen LogP contribution in [0.1, 0.15) is 41.4 Å². The van der Waals surface area contributed by atoms with Crippen LogP contribution in [0.5, 0.6) is 5.75 Å². The molecule has 0 radical (unpaired) electrons. The van der Waals surface area contributed by atoms with Gasteiger partial charge in [0.15, 0.2) is 0 Å². The zero-order valence-electron chi connectivity index (χ0n) is 13.6. The summed E-state index contributed by atoms with van der Waals surface area (Å²) in [6.07, 6.45) is 3.02. The number of hydrogen-bond donors (Lipinski definition) is 1. The van der Waals surface area contributed by atoms with Crippen molar-refractivity contribution in [3.05, 3.63) is 57.6 Å². The third-order valence-corrected chi connectivity index (χ3v) is 3.27. The summed E-state index contributed by atoms with van der Waals surface area (Å²) in [4.78, 5) is 27.6. The highest BCUT2D eigenvalue weighted by Crippen LogP contribution is 2.16. The molecule has 2 aromatic rings. The molecule has 6 nitrogen and oxygen atoms in total. The van der Waals surface area contributed by atoms with Crippen LogP contribution in [-0.4, -0.2) is 23.9 Å². The molecule has 0 fully saturated rings. The zero-order valence-corrected chi connectivity index (χ0v) is 13.6. The lowest BCUT2D eigenvalue weighted by atomic mass is 10.2. The number of rotatable bonds is 6. The molecule has 1 heterocycles. The van der Waals surface area contributed by atoms with Crippen LogP contribution in [0.25, 0.3) is 0 Å². The Labute approximate surface area is 139 Å². The number of unbranched alkanes of at least 4 members (excludes halogenated alkanes) is 1. The van der Waals surface area contributed by atoms with Gasteiger partial charge in [0, 0.05) is 12.3 Å². The molecule has 6 heteroatoms. The Hall–Kier alpha value is -2.89. The van der Waals surface area contributed by atoms with Crippen LogP contribution in [0.4, 0.5) is 5.69 Å². The van der Waals surface area contributed by atoms with Gasteiger partial charge in [0.2, 0.25) is 0 Å². The minimum absolute atomic E-state index is 0.0244. The highest BCUT2D eigenvalue weighted by Gasteiger charge is 2.08. The van der Waals surface area contributed by atoms with Crippen LogP contribution < -0.4 is 5.63 Å². The van der Waals surface area contributed by atoms with Crippen LogP contribution in [-0.2, 0) is 4.74 Å². The van der Waals surface area contributed by atoms with Crippen molar-refractivity contribution in [3.8, 4) is 5.75 Å². The number of esters is 1. The molecule has 0 aliphatic heterocycles. The number of hydrogen-bond acceptors (Lipinski definition) is 6. The Morgan fingerprint density at radius 1 is 1.33 bits per heavy atom. The molecular formula is C18H19NO5. The summed E-state index contributed by atoms with van der Waals surface area (Å²) >= 11 is 0. The monoisotopic (exact) mass is 329 g/mol. The van der Waals surface area contributed by atoms with Gasteiger partial charge in [-0.1, -0.05) is 13.3 Å². The molecule has 1 aromatic carbocycles. The lowest BCUT2D eigenvalue weighted by Crippen LogP contribution is -2.07. The Bertz CT molecular complexity index is 790. The quantitative estimate of drug-likeness (QED) is 0.498. The molecular weight excluding hydrogens is 310 g/mol. The second kappa shape index (κ2) is 8.10. The molecule has 0 aliphatic carbocycles. The van der Waals surface area contributed by atoms with E-state index in [1.54, 1.807) is 31.2 Å². The van der Waals surface area contributed by atoms with E-state index in [0.29, 0.717) is 23.6 Å². The van der Waals surface area contributed by atoms with Crippen LogP contribution in [0.3, 0.4) is 0 Å². The Morgan fingerprint density at radius 2 is 2.04 bits per heavy atom. The van der Waals surface area contributed by atoms with Crippen molar-refractivity contribution < 1.29 is 19.1 Å². The van der Waals surface area contributed by atoms with E-state index in [-0.39, 0.29) is 17.3 Å². The van der Waals surface area contributed by atoms with Gasteiger partial charge in [-0.15, -0.1) is 0 Å². The van der Waals surface area contributed by atoms with Crippen molar-refractivity contribution in [3.63, 3.8) is 0 Å². The fourth-order valence-electron chi connectivity index (χ4n) is 1.94. The van der Waals surface area contributed by atoms with Crippen molar-refractivity contribution in [2.24, 2.45) is 4.99 Å². The van der Waals surface area contributed by atoms with E-state index < -0.39 is 5.63 Å². The van der Waals surface area contributed by atoms with Gasteiger partial charge in [0.05, 0.1) is 17.9 Å². The average molecular weight is 329 g/mol. The summed E-state index contributed by atoms with van der Waals surface area (Å²) < 4.78 is 10.0. The molecule has 0 atom stereocenters. The first kappa shape index (κ1) is 17.5. The SMILES string of the molecule is CCCCOC(=O)c1ccc(N=Cc2c(O)cc(C)oc2=O)cc1. The minimum atomic E-state index is -0.660. The van der Waals surface area contributed by atoms with Gasteiger partial charge >= 0.3 is 11.6 Å². The molecule has 0 bridgehead atoms. The smallest absolute Gasteiger partial charge is 0.348 e. The number of ether oxygens (including phenoxy) is 1. The molecule has 2 rings (SSSR count). The molecule has 0 saturated carbocycles. The van der Waals surface area contributed by atoms with Crippen molar-refractivity contribution >= 4 is 17.9 Å². The number of carbonyl (C=O) groups excluding carboxylic acids is 1. The summed E-state index contributed by atoms with van der Waals surface area (Å²) in [6.45, 7) is 3.99. The fourth-order valence-corrected chi connectivity index (χ4v) is 1.94. The number of aliphatic imine (C=N–C) groups is 1. The molecule has 24 heavy (non-hydrogen) atoms. The maximum Gasteiger partial charge on any atom is 0.348 e. The van der Waals surface area contributed by atoms with Crippen LogP contribution in [0.15, 0.2) is 44.5 Å². The van der Waals surface area contributed by atoms with Crippen molar-refractivity contribution in [2.45, 2.75) is 26.7 Å². The fraction of sp³-hybridized carbons (Fsp3) is 0.278. The van der Waals surface area contributed by atoms with E-state index in [0.717, 1.165) is 12.8 Å². The first-order valence-electron chi connectivity index (χ1n) is 7.66. The topological polar surface area (TPSA) is 89.1 Å². The highest BCUT2D eigenvalue weighted by molar-refractivity contribution is 5.90. The third kappa shape index (κ3) is 4.55. The average Bonchev–Trinajstić information content (AvgIpc) is 2.54. The Morgan fingerprint density at radius 3 is 2.67 bits per heavy atom. The van der Waals surface area contributed by atoms with Crippen LogP contribution >= 0.6 is 0 Å². The van der Waals surface area contributed by atoms with Crippen molar-refractivity contribution in [1.29, 1.82) is 0 Å². The lowest BCUT2D eigenvalue weighted by Gasteiger charge is -2.04. The summed E-state index contributed by atoms with van der Waals surface area (Å²) in [5.74, 6) is -0.250. The molecule has 1 aromatic heterocycles. The highest BCUT2D eigenvalue weighted by atomic mass is 16.5. The van der Waals surface area contributed by atoms with E-state index in [1.165, 1.54) is 12.3 Å². The second-order valence-corrected chi connectivity index (χ2v) is 5.24. The van der Waals surface area contributed by atoms with Crippen molar-refractivity contribution in [2.75, 3.05) is 6.61 Å². The predicted molar refractivity (Wildman–Crippen MR) is 90.3 cm³/mol. The number of aromatic hydroxyl groups is 1. The Balaban J connectivity index is 2.09. The molecule has 0 saturated heterocycles. The van der Waals surface area contributed by atoms with E-state index in [4.69, 9.17) is 9.15 Å². The molecule has 0 spiro atoms. The third-order valence-electron chi connectivity index (χ3n) is 3.27. The van der Waals surface area contributed by atoms with Crippen molar-refractivity contribution in [1.82, 2.24) is 0 Å². The molecule has 126 valence electrons. The van der Waals surface area contributed by atoms with Gasteiger partial charge in [-0.3, -0.25) is 4.99 Å². The normalized spacial score (nSPS) is 10.9. The summed E-state index contributed by atoms with van der Waals surface area (Å²) in [5, 5.41) is 9.76. The first-order chi connectivity index (χ1) is 11.5. The summed E-state index contributed by atoms with van der Waals surface area (Å²) in [6, 6.07) is 7.79. The largest absolute Gasteiger partial charge is 0.507 e. The van der Waals surface area contributed by atoms with Gasteiger partial charge in [0.25, 0.3) is 0 Å². The number of carbonyl (C=O) groups is 1. The summed E-state index contributed by atoms with van der Waals surface area (Å²) in [5.41, 5.74) is 0.276. The molecule has 0 amide bonds. The number of nitrogens with zero attached hydrogens (tertiary/aromatic N) is 1. The standard InChI is InChI=1S/C18H19NO5/c1-3-4-9-23-17(21)13-5-7-14(8-6-13)19-11-15-16(20)10-12(2)24-18(15)22/h5-8,10-11,20H,3-4,9H2,1-2H3. The second-order valence-electron chi connectivity index (χ2n) is 5.24. The Kier molecular flexibility index (Phi) is 5.89. The first-order valence-corrected chi connectivity index (χ1v) is 7.66. The van der Waals surface area contributed by atoms with Gasteiger partial charge in [-0.2, -0.15) is 0 Å². The van der Waals surface area contributed by atoms with Gasteiger partial charge in [-0.05, 0) is 37.6 Å². The van der Waals surface area contributed by atoms with Gasteiger partial charge < -0.3 is 14.3 Å². The zero-order chi connectivity index (χ0) is 17.5. The molecule has 0 unspecified atom stereocenters. The maximum absolute atomic E-state index is 11.8. The van der Waals surface area contributed by atoms with E-state index in [1.807, 2.05) is 6.92 Å². The number of aryl methyl sites for hydroxylation is 1. The van der Waals surface area contributed by atoms with E-state index >= 15 is 0 Å². The molecule has 1 N–H and O–H groups in total. The number of benzene rings is 1.